The van der Waals surface area contributed by atoms with Crippen molar-refractivity contribution in [2.45, 2.75) is 33.3 Å². The number of halogens is 1. The van der Waals surface area contributed by atoms with Crippen LogP contribution < -0.4 is 9.47 Å². The zero-order valence-electron chi connectivity index (χ0n) is 20.9. The minimum absolute atomic E-state index is 0.0393. The Balaban J connectivity index is 1.92. The van der Waals surface area contributed by atoms with Gasteiger partial charge in [0.25, 0.3) is 5.69 Å². The average Bonchev–Trinajstić information content (AvgIpc) is 3.17. The van der Waals surface area contributed by atoms with Crippen molar-refractivity contribution < 1.29 is 33.8 Å². The van der Waals surface area contributed by atoms with Crippen LogP contribution in [0, 0.1) is 10.1 Å². The predicted molar refractivity (Wildman–Crippen MR) is 147 cm³/mol. The number of amides is 1. The van der Waals surface area contributed by atoms with Crippen molar-refractivity contribution in [2.24, 2.45) is 4.99 Å². The Hall–Kier alpha value is -3.64. The molecular formula is C26H25BrN2O8S. The fourth-order valence-corrected chi connectivity index (χ4v) is 5.01. The largest absolute Gasteiger partial charge is 0.506 e. The first-order valence-corrected chi connectivity index (χ1v) is 13.1. The third-order valence-corrected chi connectivity index (χ3v) is 6.72. The van der Waals surface area contributed by atoms with Crippen molar-refractivity contribution in [3.05, 3.63) is 78.3 Å². The third kappa shape index (κ3) is 7.01. The number of aliphatic hydroxyl groups excluding tert-OH is 1. The first-order valence-electron chi connectivity index (χ1n) is 11.5. The van der Waals surface area contributed by atoms with Gasteiger partial charge in [0.05, 0.1) is 28.0 Å². The number of nitrogens with zero attached hydrogens (tertiary/aromatic N) is 2. The van der Waals surface area contributed by atoms with E-state index in [-0.39, 0.29) is 41.7 Å². The van der Waals surface area contributed by atoms with Gasteiger partial charge in [-0.1, -0.05) is 30.8 Å². The van der Waals surface area contributed by atoms with E-state index in [1.165, 1.54) is 19.2 Å². The summed E-state index contributed by atoms with van der Waals surface area (Å²) in [5.74, 6) is -0.772. The molecule has 10 nitrogen and oxygen atoms in total. The number of rotatable bonds is 10. The van der Waals surface area contributed by atoms with Gasteiger partial charge in [0.15, 0.2) is 11.5 Å². The van der Waals surface area contributed by atoms with Crippen LogP contribution in [0.4, 0.5) is 5.69 Å². The topological polar surface area (TPSA) is 138 Å². The fourth-order valence-electron chi connectivity index (χ4n) is 3.40. The summed E-state index contributed by atoms with van der Waals surface area (Å²) >= 11 is 4.45. The van der Waals surface area contributed by atoms with Gasteiger partial charge in [0.2, 0.25) is 5.91 Å². The number of methoxy groups -OCH3 is 1. The van der Waals surface area contributed by atoms with E-state index in [2.05, 4.69) is 20.9 Å². The number of hydrogen-bond donors (Lipinski definition) is 1. The second kappa shape index (κ2) is 13.2. The zero-order valence-corrected chi connectivity index (χ0v) is 23.3. The quantitative estimate of drug-likeness (QED) is 0.193. The lowest BCUT2D eigenvalue weighted by Gasteiger charge is -2.14. The molecule has 1 amide bonds. The highest BCUT2D eigenvalue weighted by Crippen LogP contribution is 2.42. The van der Waals surface area contributed by atoms with Crippen molar-refractivity contribution in [3.8, 4) is 11.5 Å². The lowest BCUT2D eigenvalue weighted by molar-refractivity contribution is -0.384. The highest BCUT2D eigenvalue weighted by molar-refractivity contribution is 9.10. The van der Waals surface area contributed by atoms with E-state index in [1.54, 1.807) is 37.3 Å². The summed E-state index contributed by atoms with van der Waals surface area (Å²) in [6.45, 7) is 3.63. The van der Waals surface area contributed by atoms with E-state index in [0.29, 0.717) is 38.4 Å². The number of thioether (sulfide) groups is 1. The molecule has 0 spiro atoms. The Morgan fingerprint density at radius 3 is 2.66 bits per heavy atom. The molecule has 1 aliphatic heterocycles. The monoisotopic (exact) mass is 604 g/mol. The Labute approximate surface area is 231 Å². The van der Waals surface area contributed by atoms with Gasteiger partial charge in [0.1, 0.15) is 23.0 Å². The van der Waals surface area contributed by atoms with Crippen LogP contribution in [-0.4, -0.2) is 40.7 Å². The van der Waals surface area contributed by atoms with E-state index in [9.17, 15) is 24.8 Å². The minimum atomic E-state index is -0.771. The molecule has 200 valence electrons. The van der Waals surface area contributed by atoms with Crippen LogP contribution in [0.3, 0.4) is 0 Å². The van der Waals surface area contributed by atoms with Crippen LogP contribution in [0.25, 0.3) is 6.08 Å². The molecule has 0 saturated carbocycles. The fraction of sp³-hybridized carbons (Fsp3) is 0.269. The number of ether oxygens (including phenoxy) is 3. The van der Waals surface area contributed by atoms with Crippen LogP contribution in [0.5, 0.6) is 11.5 Å². The molecule has 0 atom stereocenters. The molecule has 2 aromatic carbocycles. The van der Waals surface area contributed by atoms with Crippen LogP contribution in [0.2, 0.25) is 0 Å². The van der Waals surface area contributed by atoms with Gasteiger partial charge in [0, 0.05) is 18.6 Å². The molecule has 38 heavy (non-hydrogen) atoms. The highest BCUT2D eigenvalue weighted by atomic mass is 79.9. The highest BCUT2D eigenvalue weighted by Gasteiger charge is 2.33. The molecule has 1 N–H and O–H groups in total. The number of hydrogen-bond acceptors (Lipinski definition) is 9. The van der Waals surface area contributed by atoms with Crippen molar-refractivity contribution in [1.82, 2.24) is 0 Å². The summed E-state index contributed by atoms with van der Waals surface area (Å²) in [4.78, 5) is 39.5. The number of carbonyl (C=O) groups is 2. The van der Waals surface area contributed by atoms with Crippen LogP contribution in [0.15, 0.2) is 62.1 Å². The Morgan fingerprint density at radius 1 is 1.24 bits per heavy atom. The Bertz CT molecular complexity index is 1350. The minimum Gasteiger partial charge on any atom is -0.506 e. The van der Waals surface area contributed by atoms with Crippen molar-refractivity contribution in [3.63, 3.8) is 0 Å². The summed E-state index contributed by atoms with van der Waals surface area (Å²) in [5.41, 5.74) is 1.00. The standard InChI is InChI=1S/C26H25BrN2O8S/c1-4-7-21(30)28-25-22(26(32)36-5-2)23(31)20(38-25)13-16-11-18(27)24(19(12-16)35-3)37-14-15-8-6-9-17(10-15)29(33)34/h6,8-13,31H,4-5,7,14H2,1-3H3/b20-13-,28-25?. The van der Waals surface area contributed by atoms with Crippen molar-refractivity contribution >= 4 is 56.4 Å². The molecule has 0 fully saturated rings. The van der Waals surface area contributed by atoms with Gasteiger partial charge >= 0.3 is 5.97 Å². The molecule has 12 heteroatoms. The maximum absolute atomic E-state index is 12.5. The number of carbonyl (C=O) groups excluding carboxylic acids is 2. The van der Waals surface area contributed by atoms with E-state index in [4.69, 9.17) is 14.2 Å². The average molecular weight is 605 g/mol. The molecule has 0 aromatic heterocycles. The summed E-state index contributed by atoms with van der Waals surface area (Å²) in [6, 6.07) is 9.50. The number of nitro groups is 1. The van der Waals surface area contributed by atoms with Gasteiger partial charge in [-0.2, -0.15) is 0 Å². The van der Waals surface area contributed by atoms with Crippen molar-refractivity contribution in [1.29, 1.82) is 0 Å². The Morgan fingerprint density at radius 2 is 2.00 bits per heavy atom. The van der Waals surface area contributed by atoms with E-state index < -0.39 is 16.8 Å². The van der Waals surface area contributed by atoms with Gasteiger partial charge in [-0.25, -0.2) is 9.79 Å². The number of esters is 1. The summed E-state index contributed by atoms with van der Waals surface area (Å²) in [7, 11) is 1.46. The summed E-state index contributed by atoms with van der Waals surface area (Å²) in [6.07, 6.45) is 2.42. The molecule has 0 aliphatic carbocycles. The SMILES string of the molecule is CCCC(=O)N=C1S/C(=C\c2cc(Br)c(OCc3cccc([N+](=O)[O-])c3)c(OC)c2)C(O)=C1C(=O)OCC. The molecule has 0 bridgehead atoms. The molecule has 0 radical (unpaired) electrons. The second-order valence-corrected chi connectivity index (χ2v) is 9.75. The number of benzene rings is 2. The third-order valence-electron chi connectivity index (χ3n) is 5.11. The molecular weight excluding hydrogens is 580 g/mol. The molecule has 2 aromatic rings. The normalized spacial score (nSPS) is 15.2. The molecule has 1 heterocycles. The first kappa shape index (κ1) is 28.9. The van der Waals surface area contributed by atoms with Crippen LogP contribution >= 0.6 is 27.7 Å². The van der Waals surface area contributed by atoms with Gasteiger partial charge in [-0.15, -0.1) is 0 Å². The first-order chi connectivity index (χ1) is 18.2. The molecule has 0 unspecified atom stereocenters. The molecule has 3 rings (SSSR count). The van der Waals surface area contributed by atoms with E-state index in [1.807, 2.05) is 6.92 Å². The maximum atomic E-state index is 12.5. The zero-order chi connectivity index (χ0) is 27.8. The van der Waals surface area contributed by atoms with Crippen LogP contribution in [-0.2, 0) is 20.9 Å². The Kier molecular flexibility index (Phi) is 10.1. The van der Waals surface area contributed by atoms with Crippen LogP contribution in [0.1, 0.15) is 37.8 Å². The predicted octanol–water partition coefficient (Wildman–Crippen LogP) is 6.13. The van der Waals surface area contributed by atoms with Crippen molar-refractivity contribution in [2.75, 3.05) is 13.7 Å². The number of nitro benzene ring substituents is 1. The molecule has 0 saturated heterocycles. The maximum Gasteiger partial charge on any atom is 0.344 e. The van der Waals surface area contributed by atoms with E-state index in [0.717, 1.165) is 11.8 Å². The second-order valence-electron chi connectivity index (χ2n) is 7.87. The lowest BCUT2D eigenvalue weighted by Crippen LogP contribution is -2.14. The smallest absolute Gasteiger partial charge is 0.344 e. The van der Waals surface area contributed by atoms with Gasteiger partial charge in [-0.3, -0.25) is 14.9 Å². The number of aliphatic imine (C=N–C) groups is 1. The van der Waals surface area contributed by atoms with Gasteiger partial charge in [-0.05, 0) is 58.6 Å². The van der Waals surface area contributed by atoms with Gasteiger partial charge < -0.3 is 19.3 Å². The summed E-state index contributed by atoms with van der Waals surface area (Å²) in [5, 5.41) is 21.9. The van der Waals surface area contributed by atoms with E-state index >= 15 is 0 Å². The number of aliphatic hydroxyl groups is 1. The summed E-state index contributed by atoms with van der Waals surface area (Å²) < 4.78 is 16.9. The lowest BCUT2D eigenvalue weighted by atomic mass is 10.1. The molecule has 1 aliphatic rings. The number of non-ortho nitro benzene ring substituents is 1.